The molecule has 3 atom stereocenters. The second kappa shape index (κ2) is 5.22. The number of fused-ring (bicyclic) bond motifs is 1. The van der Waals surface area contributed by atoms with Crippen molar-refractivity contribution in [1.29, 1.82) is 0 Å². The molecule has 3 rings (SSSR count). The molecule has 10 heteroatoms. The van der Waals surface area contributed by atoms with Crippen molar-refractivity contribution in [3.63, 3.8) is 0 Å². The molecule has 2 saturated heterocycles. The van der Waals surface area contributed by atoms with Crippen molar-refractivity contribution in [2.75, 3.05) is 0 Å². The molecular formula is C13H16N4O5S. The average Bonchev–Trinajstić information content (AvgIpc) is 2.95. The summed E-state index contributed by atoms with van der Waals surface area (Å²) < 4.78 is 4.25. The number of nitrogens with one attached hydrogen (secondary N) is 1. The Morgan fingerprint density at radius 3 is 2.74 bits per heavy atom. The van der Waals surface area contributed by atoms with Crippen LogP contribution in [0.15, 0.2) is 4.52 Å². The number of aliphatic carboxylic acids is 1. The number of amides is 2. The number of thioether (sulfide) groups is 1. The van der Waals surface area contributed by atoms with Gasteiger partial charge in [-0.2, -0.15) is 4.98 Å². The molecule has 0 saturated carbocycles. The lowest BCUT2D eigenvalue weighted by Gasteiger charge is -2.43. The Bertz CT molecular complexity index is 688. The van der Waals surface area contributed by atoms with Gasteiger partial charge in [-0.05, 0) is 20.8 Å². The van der Waals surface area contributed by atoms with E-state index in [-0.39, 0.29) is 23.6 Å². The minimum atomic E-state index is -1.04. The van der Waals surface area contributed by atoms with Crippen molar-refractivity contribution in [2.24, 2.45) is 0 Å². The highest BCUT2D eigenvalue weighted by Crippen LogP contribution is 2.50. The predicted molar refractivity (Wildman–Crippen MR) is 78.4 cm³/mol. The number of carboxylic acid groups (broad SMARTS) is 1. The normalized spacial score (nSPS) is 28.2. The van der Waals surface area contributed by atoms with Crippen LogP contribution in [0, 0.1) is 6.92 Å². The van der Waals surface area contributed by atoms with E-state index in [0.29, 0.717) is 5.82 Å². The van der Waals surface area contributed by atoms with Crippen LogP contribution >= 0.6 is 11.8 Å². The summed E-state index contributed by atoms with van der Waals surface area (Å²) in [5.41, 5.74) is 0. The number of carbonyl (C=O) groups excluding carboxylic acids is 2. The molecule has 0 aromatic carbocycles. The maximum absolute atomic E-state index is 12.2. The van der Waals surface area contributed by atoms with E-state index < -0.39 is 28.7 Å². The predicted octanol–water partition coefficient (Wildman–Crippen LogP) is -0.448. The molecule has 23 heavy (non-hydrogen) atoms. The summed E-state index contributed by atoms with van der Waals surface area (Å²) in [5, 5.41) is 15.2. The average molecular weight is 340 g/mol. The third kappa shape index (κ3) is 2.56. The lowest BCUT2D eigenvalue weighted by Crippen LogP contribution is -2.70. The standard InChI is InChI=1S/C13H16N4O5S/c1-5-14-7(22-16-5)4-6(18)15-8-10(19)17-9(12(20)21)13(2,3)23-11(8)17/h8-9,11H,4H2,1-3H3,(H,15,18)(H,20,21)/t8-,9+,11-/m1/s1. The summed E-state index contributed by atoms with van der Waals surface area (Å²) in [6, 6.07) is -1.61. The number of nitrogens with zero attached hydrogens (tertiary/aromatic N) is 3. The molecule has 0 bridgehead atoms. The molecular weight excluding hydrogens is 324 g/mol. The summed E-state index contributed by atoms with van der Waals surface area (Å²) in [6.07, 6.45) is -0.117. The molecule has 0 aliphatic carbocycles. The van der Waals surface area contributed by atoms with E-state index in [9.17, 15) is 19.5 Å². The van der Waals surface area contributed by atoms with E-state index in [1.807, 2.05) is 0 Å². The Labute approximate surface area is 135 Å². The zero-order chi connectivity index (χ0) is 16.9. The molecule has 2 N–H and O–H groups in total. The topological polar surface area (TPSA) is 126 Å². The van der Waals surface area contributed by atoms with Crippen LogP contribution in [0.3, 0.4) is 0 Å². The number of aromatic nitrogens is 2. The number of hydrogen-bond acceptors (Lipinski definition) is 7. The van der Waals surface area contributed by atoms with Crippen LogP contribution in [0.25, 0.3) is 0 Å². The Kier molecular flexibility index (Phi) is 3.58. The fourth-order valence-corrected chi connectivity index (χ4v) is 4.54. The number of carbonyl (C=O) groups is 3. The van der Waals surface area contributed by atoms with Crippen LogP contribution in [0.4, 0.5) is 0 Å². The molecule has 124 valence electrons. The number of aryl methyl sites for hydroxylation is 1. The largest absolute Gasteiger partial charge is 0.480 e. The van der Waals surface area contributed by atoms with Crippen LogP contribution in [0.2, 0.25) is 0 Å². The van der Waals surface area contributed by atoms with Gasteiger partial charge in [-0.25, -0.2) is 4.79 Å². The number of carboxylic acids is 1. The van der Waals surface area contributed by atoms with Crippen molar-refractivity contribution >= 4 is 29.5 Å². The van der Waals surface area contributed by atoms with Gasteiger partial charge in [0.2, 0.25) is 17.7 Å². The van der Waals surface area contributed by atoms with E-state index in [4.69, 9.17) is 4.52 Å². The molecule has 1 aromatic heterocycles. The molecule has 9 nitrogen and oxygen atoms in total. The smallest absolute Gasteiger partial charge is 0.327 e. The first-order chi connectivity index (χ1) is 10.7. The zero-order valence-corrected chi connectivity index (χ0v) is 13.6. The van der Waals surface area contributed by atoms with Crippen molar-refractivity contribution in [3.05, 3.63) is 11.7 Å². The van der Waals surface area contributed by atoms with E-state index in [1.54, 1.807) is 20.8 Å². The number of hydrogen-bond donors (Lipinski definition) is 2. The van der Waals surface area contributed by atoms with E-state index in [1.165, 1.54) is 16.7 Å². The van der Waals surface area contributed by atoms with Crippen LogP contribution < -0.4 is 5.32 Å². The van der Waals surface area contributed by atoms with Gasteiger partial charge < -0.3 is 19.8 Å². The molecule has 2 aliphatic rings. The molecule has 2 amide bonds. The zero-order valence-electron chi connectivity index (χ0n) is 12.8. The van der Waals surface area contributed by atoms with E-state index in [2.05, 4.69) is 15.5 Å². The highest BCUT2D eigenvalue weighted by Gasteiger charge is 2.64. The molecule has 2 aliphatic heterocycles. The van der Waals surface area contributed by atoms with E-state index in [0.717, 1.165) is 0 Å². The van der Waals surface area contributed by atoms with Gasteiger partial charge in [0.1, 0.15) is 23.9 Å². The summed E-state index contributed by atoms with van der Waals surface area (Å²) in [4.78, 5) is 40.9. The summed E-state index contributed by atoms with van der Waals surface area (Å²) in [7, 11) is 0. The first-order valence-corrected chi connectivity index (χ1v) is 7.90. The van der Waals surface area contributed by atoms with Gasteiger partial charge in [0.05, 0.1) is 0 Å². The van der Waals surface area contributed by atoms with Crippen molar-refractivity contribution in [1.82, 2.24) is 20.4 Å². The molecule has 0 spiro atoms. The van der Waals surface area contributed by atoms with Gasteiger partial charge in [0, 0.05) is 4.75 Å². The van der Waals surface area contributed by atoms with Gasteiger partial charge in [0.15, 0.2) is 5.82 Å². The monoisotopic (exact) mass is 340 g/mol. The Morgan fingerprint density at radius 1 is 1.48 bits per heavy atom. The van der Waals surface area contributed by atoms with E-state index >= 15 is 0 Å². The molecule has 2 fully saturated rings. The van der Waals surface area contributed by atoms with Gasteiger partial charge >= 0.3 is 5.97 Å². The van der Waals surface area contributed by atoms with Crippen molar-refractivity contribution < 1.29 is 24.0 Å². The molecule has 0 radical (unpaired) electrons. The fraction of sp³-hybridized carbons (Fsp3) is 0.615. The first-order valence-electron chi connectivity index (χ1n) is 7.02. The minimum absolute atomic E-state index is 0.117. The highest BCUT2D eigenvalue weighted by atomic mass is 32.2. The maximum Gasteiger partial charge on any atom is 0.327 e. The Morgan fingerprint density at radius 2 is 2.17 bits per heavy atom. The SMILES string of the molecule is Cc1noc(CC(=O)N[C@@H]2C(=O)N3[C@@H]2SC(C)(C)[C@@H]3C(=O)O)n1. The maximum atomic E-state index is 12.2. The minimum Gasteiger partial charge on any atom is -0.480 e. The van der Waals surface area contributed by atoms with Crippen LogP contribution in [-0.2, 0) is 20.8 Å². The second-order valence-electron chi connectivity index (χ2n) is 6.06. The lowest BCUT2D eigenvalue weighted by molar-refractivity contribution is -0.161. The van der Waals surface area contributed by atoms with Gasteiger partial charge in [-0.3, -0.25) is 9.59 Å². The molecule has 1 aromatic rings. The quantitative estimate of drug-likeness (QED) is 0.706. The van der Waals surface area contributed by atoms with Crippen LogP contribution in [-0.4, -0.2) is 60.1 Å². The summed E-state index contributed by atoms with van der Waals surface area (Å²) in [6.45, 7) is 5.20. The Balaban J connectivity index is 1.66. The lowest BCUT2D eigenvalue weighted by atomic mass is 9.96. The molecule has 3 heterocycles. The second-order valence-corrected chi connectivity index (χ2v) is 7.83. The summed E-state index contributed by atoms with van der Waals surface area (Å²) in [5.74, 6) is -1.23. The first kappa shape index (κ1) is 15.8. The number of β-lactam (4-membered cyclic amide) rings is 1. The third-order valence-electron chi connectivity index (χ3n) is 3.87. The van der Waals surface area contributed by atoms with Crippen molar-refractivity contribution in [3.8, 4) is 0 Å². The summed E-state index contributed by atoms with van der Waals surface area (Å²) >= 11 is 1.38. The fourth-order valence-electron chi connectivity index (χ4n) is 2.92. The van der Waals surface area contributed by atoms with Crippen molar-refractivity contribution in [2.45, 2.75) is 49.4 Å². The van der Waals surface area contributed by atoms with Gasteiger partial charge in [-0.1, -0.05) is 5.16 Å². The third-order valence-corrected chi connectivity index (χ3v) is 5.44. The van der Waals surface area contributed by atoms with Gasteiger partial charge in [0.25, 0.3) is 0 Å². The van der Waals surface area contributed by atoms with Gasteiger partial charge in [-0.15, -0.1) is 11.8 Å². The Hall–Kier alpha value is -2.10. The van der Waals surface area contributed by atoms with Crippen LogP contribution in [0.1, 0.15) is 25.6 Å². The number of rotatable bonds is 4. The molecule has 0 unspecified atom stereocenters. The highest BCUT2D eigenvalue weighted by molar-refractivity contribution is 8.01. The van der Waals surface area contributed by atoms with Crippen LogP contribution in [0.5, 0.6) is 0 Å².